The van der Waals surface area contributed by atoms with E-state index in [1.807, 2.05) is 16.7 Å². The summed E-state index contributed by atoms with van der Waals surface area (Å²) in [7, 11) is 0. The molecule has 4 nitrogen and oxygen atoms in total. The van der Waals surface area contributed by atoms with Crippen LogP contribution in [0.5, 0.6) is 0 Å². The molecule has 2 aliphatic rings. The van der Waals surface area contributed by atoms with Gasteiger partial charge in [0.05, 0.1) is 6.04 Å². The maximum absolute atomic E-state index is 12.7. The number of amides is 1. The molecule has 0 radical (unpaired) electrons. The number of anilines is 1. The molecule has 2 fully saturated rings. The highest BCUT2D eigenvalue weighted by atomic mass is 32.2. The van der Waals surface area contributed by atoms with Gasteiger partial charge in [0.2, 0.25) is 5.91 Å². The van der Waals surface area contributed by atoms with Gasteiger partial charge in [0.25, 0.3) is 0 Å². The van der Waals surface area contributed by atoms with Crippen LogP contribution in [-0.4, -0.2) is 40.5 Å². The standard InChI is InChI=1S/C23H35N3OS/c1-4-6-16-25-22(17-28-23(25)24-20-10-8-7-9-11-20)26(18(3)27)21-14-12-19(5-2)13-15-21/h12-15,20,22H,4-11,16-17H2,1-3H3. The van der Waals surface area contributed by atoms with Crippen LogP contribution < -0.4 is 4.90 Å². The third-order valence-corrected chi connectivity index (χ3v) is 6.91. The van der Waals surface area contributed by atoms with E-state index in [4.69, 9.17) is 4.99 Å². The number of carbonyl (C=O) groups excluding carboxylic acids is 1. The van der Waals surface area contributed by atoms with Gasteiger partial charge in [-0.3, -0.25) is 14.7 Å². The number of amidine groups is 1. The molecule has 154 valence electrons. The summed E-state index contributed by atoms with van der Waals surface area (Å²) in [6.07, 6.45) is 9.72. The summed E-state index contributed by atoms with van der Waals surface area (Å²) in [5, 5.41) is 1.15. The number of unbranched alkanes of at least 4 members (excludes halogenated alkanes) is 1. The first-order chi connectivity index (χ1) is 13.6. The molecule has 1 aliphatic heterocycles. The van der Waals surface area contributed by atoms with Gasteiger partial charge in [-0.05, 0) is 43.4 Å². The van der Waals surface area contributed by atoms with Crippen LogP contribution in [-0.2, 0) is 11.2 Å². The molecule has 5 heteroatoms. The average Bonchev–Trinajstić information content (AvgIpc) is 3.09. The predicted octanol–water partition coefficient (Wildman–Crippen LogP) is 5.47. The largest absolute Gasteiger partial charge is 0.330 e. The molecule has 28 heavy (non-hydrogen) atoms. The Kier molecular flexibility index (Phi) is 7.83. The maximum Gasteiger partial charge on any atom is 0.225 e. The van der Waals surface area contributed by atoms with E-state index < -0.39 is 0 Å². The van der Waals surface area contributed by atoms with Crippen molar-refractivity contribution >= 4 is 28.5 Å². The Morgan fingerprint density at radius 2 is 1.89 bits per heavy atom. The van der Waals surface area contributed by atoms with Crippen molar-refractivity contribution < 1.29 is 4.79 Å². The SMILES string of the molecule is CCCCN1C(=NC2CCCCC2)SCC1N(C(C)=O)c1ccc(CC)cc1. The molecular formula is C23H35N3OS. The monoisotopic (exact) mass is 401 g/mol. The van der Waals surface area contributed by atoms with Crippen LogP contribution in [0.25, 0.3) is 0 Å². The zero-order valence-electron chi connectivity index (χ0n) is 17.7. The Hall–Kier alpha value is -1.49. The number of benzene rings is 1. The van der Waals surface area contributed by atoms with Crippen molar-refractivity contribution in [3.8, 4) is 0 Å². The normalized spacial score (nSPS) is 22.0. The van der Waals surface area contributed by atoms with Gasteiger partial charge in [0.15, 0.2) is 5.17 Å². The van der Waals surface area contributed by atoms with Crippen molar-refractivity contribution in [2.24, 2.45) is 4.99 Å². The van der Waals surface area contributed by atoms with Crippen LogP contribution in [0.3, 0.4) is 0 Å². The van der Waals surface area contributed by atoms with Gasteiger partial charge in [-0.1, -0.05) is 63.4 Å². The third-order valence-electron chi connectivity index (χ3n) is 5.85. The van der Waals surface area contributed by atoms with E-state index in [9.17, 15) is 4.79 Å². The minimum atomic E-state index is 0.0591. The molecule has 3 rings (SSSR count). The lowest BCUT2D eigenvalue weighted by Crippen LogP contribution is -2.50. The van der Waals surface area contributed by atoms with Crippen LogP contribution in [0.1, 0.15) is 71.3 Å². The molecule has 1 aromatic carbocycles. The highest BCUT2D eigenvalue weighted by molar-refractivity contribution is 8.14. The summed E-state index contributed by atoms with van der Waals surface area (Å²) in [5.74, 6) is 1.000. The fourth-order valence-electron chi connectivity index (χ4n) is 4.17. The molecular weight excluding hydrogens is 366 g/mol. The second-order valence-electron chi connectivity index (χ2n) is 7.95. The van der Waals surface area contributed by atoms with Crippen LogP contribution >= 0.6 is 11.8 Å². The van der Waals surface area contributed by atoms with Gasteiger partial charge in [-0.15, -0.1) is 0 Å². The van der Waals surface area contributed by atoms with E-state index in [-0.39, 0.29) is 12.1 Å². The lowest BCUT2D eigenvalue weighted by Gasteiger charge is -2.35. The van der Waals surface area contributed by atoms with Crippen LogP contribution in [0, 0.1) is 0 Å². The van der Waals surface area contributed by atoms with E-state index in [2.05, 4.69) is 43.0 Å². The molecule has 1 saturated carbocycles. The third kappa shape index (κ3) is 5.11. The van der Waals surface area contributed by atoms with Crippen LogP contribution in [0.4, 0.5) is 5.69 Å². The van der Waals surface area contributed by atoms with Crippen molar-refractivity contribution in [1.82, 2.24) is 4.90 Å². The number of rotatable bonds is 7. The molecule has 1 aliphatic carbocycles. The number of aryl methyl sites for hydroxylation is 1. The Morgan fingerprint density at radius 3 is 2.50 bits per heavy atom. The molecule has 0 bridgehead atoms. The lowest BCUT2D eigenvalue weighted by atomic mass is 9.96. The minimum absolute atomic E-state index is 0.0591. The van der Waals surface area contributed by atoms with Crippen molar-refractivity contribution in [3.05, 3.63) is 29.8 Å². The topological polar surface area (TPSA) is 35.9 Å². The molecule has 1 atom stereocenters. The van der Waals surface area contributed by atoms with Crippen molar-refractivity contribution in [1.29, 1.82) is 0 Å². The van der Waals surface area contributed by atoms with E-state index >= 15 is 0 Å². The Labute approximate surface area is 174 Å². The smallest absolute Gasteiger partial charge is 0.225 e. The van der Waals surface area contributed by atoms with E-state index in [1.54, 1.807) is 6.92 Å². The summed E-state index contributed by atoms with van der Waals surface area (Å²) in [5.41, 5.74) is 2.30. The fourth-order valence-corrected chi connectivity index (χ4v) is 5.40. The first kappa shape index (κ1) is 21.2. The van der Waals surface area contributed by atoms with Gasteiger partial charge in [0.1, 0.15) is 6.17 Å². The van der Waals surface area contributed by atoms with Crippen molar-refractivity contribution in [2.45, 2.75) is 84.3 Å². The first-order valence-corrected chi connectivity index (χ1v) is 12.0. The van der Waals surface area contributed by atoms with Crippen molar-refractivity contribution in [2.75, 3.05) is 17.2 Å². The van der Waals surface area contributed by atoms with E-state index in [0.29, 0.717) is 6.04 Å². The summed E-state index contributed by atoms with van der Waals surface area (Å²) in [4.78, 5) is 22.2. The van der Waals surface area contributed by atoms with Gasteiger partial charge < -0.3 is 4.90 Å². The average molecular weight is 402 g/mol. The van der Waals surface area contributed by atoms with Crippen LogP contribution in [0.15, 0.2) is 29.3 Å². The molecule has 0 spiro atoms. The maximum atomic E-state index is 12.7. The number of thioether (sulfide) groups is 1. The van der Waals surface area contributed by atoms with Crippen LogP contribution in [0.2, 0.25) is 0 Å². The van der Waals surface area contributed by atoms with E-state index in [1.165, 1.54) is 37.7 Å². The number of hydrogen-bond acceptors (Lipinski definition) is 3. The van der Waals surface area contributed by atoms with Gasteiger partial charge >= 0.3 is 0 Å². The predicted molar refractivity (Wildman–Crippen MR) is 121 cm³/mol. The molecule has 0 aromatic heterocycles. The first-order valence-electron chi connectivity index (χ1n) is 11.0. The highest BCUT2D eigenvalue weighted by Crippen LogP contribution is 2.32. The Balaban J connectivity index is 1.85. The number of hydrogen-bond donors (Lipinski definition) is 0. The molecule has 1 heterocycles. The Morgan fingerprint density at radius 1 is 1.18 bits per heavy atom. The number of carbonyl (C=O) groups is 1. The molecule has 1 saturated heterocycles. The summed E-state index contributed by atoms with van der Waals surface area (Å²) in [6.45, 7) is 7.04. The van der Waals surface area contributed by atoms with Gasteiger partial charge in [0, 0.05) is 24.9 Å². The van der Waals surface area contributed by atoms with Gasteiger partial charge in [-0.25, -0.2) is 0 Å². The van der Waals surface area contributed by atoms with Crippen molar-refractivity contribution in [3.63, 3.8) is 0 Å². The number of nitrogens with zero attached hydrogens (tertiary/aromatic N) is 3. The molecule has 1 amide bonds. The lowest BCUT2D eigenvalue weighted by molar-refractivity contribution is -0.117. The zero-order valence-corrected chi connectivity index (χ0v) is 18.5. The summed E-state index contributed by atoms with van der Waals surface area (Å²) in [6, 6.07) is 8.94. The Bertz CT molecular complexity index is 667. The zero-order chi connectivity index (χ0) is 19.9. The molecule has 1 aromatic rings. The fraction of sp³-hybridized carbons (Fsp3) is 0.652. The van der Waals surface area contributed by atoms with Gasteiger partial charge in [-0.2, -0.15) is 0 Å². The second kappa shape index (κ2) is 10.3. The number of aliphatic imine (C=N–C) groups is 1. The highest BCUT2D eigenvalue weighted by Gasteiger charge is 2.36. The minimum Gasteiger partial charge on any atom is -0.330 e. The molecule has 1 unspecified atom stereocenters. The quantitative estimate of drug-likeness (QED) is 0.608. The second-order valence-corrected chi connectivity index (χ2v) is 8.94. The van der Waals surface area contributed by atoms with E-state index in [0.717, 1.165) is 42.4 Å². The molecule has 0 N–H and O–H groups in total. The summed E-state index contributed by atoms with van der Waals surface area (Å²) < 4.78 is 0. The summed E-state index contributed by atoms with van der Waals surface area (Å²) >= 11 is 1.83.